The van der Waals surface area contributed by atoms with Gasteiger partial charge in [0.15, 0.2) is 0 Å². The van der Waals surface area contributed by atoms with Crippen LogP contribution in [0.15, 0.2) is 23.8 Å². The van der Waals surface area contributed by atoms with Crippen molar-refractivity contribution in [1.82, 2.24) is 0 Å². The standard InChI is InChI=1S/C23H37NO2/c1-4-10-22(26)11-12-23(24)19-9-6-16-13-17(25)7-8-18(16)20(19)15(3)14-21(22,23)5-2/h13,17-20,25-26H,3-12,14,24H2,1-2H3/t17?,18-,19+,20+,21+,22-,23+/m0/s1. The summed E-state index contributed by atoms with van der Waals surface area (Å²) < 4.78 is 0. The molecule has 3 saturated carbocycles. The van der Waals surface area contributed by atoms with Crippen molar-refractivity contribution in [3.05, 3.63) is 23.8 Å². The van der Waals surface area contributed by atoms with Gasteiger partial charge in [-0.05, 0) is 75.5 Å². The van der Waals surface area contributed by atoms with Gasteiger partial charge in [-0.2, -0.15) is 0 Å². The first-order chi connectivity index (χ1) is 12.3. The van der Waals surface area contributed by atoms with E-state index in [0.29, 0.717) is 17.8 Å². The number of allylic oxidation sites excluding steroid dienone is 2. The molecule has 0 spiro atoms. The molecule has 3 fully saturated rings. The topological polar surface area (TPSA) is 66.5 Å². The molecule has 4 rings (SSSR count). The SMILES string of the molecule is C=C1C[C@]2(CC)[C@](O)(CCC)CC[C@@]2(N)[C@@H]2CCC3=CC(O)CC[C@@H]3[C@@H]12. The molecule has 7 atom stereocenters. The molecule has 0 saturated heterocycles. The van der Waals surface area contributed by atoms with Gasteiger partial charge in [0.05, 0.1) is 11.7 Å². The van der Waals surface area contributed by atoms with Gasteiger partial charge >= 0.3 is 0 Å². The van der Waals surface area contributed by atoms with E-state index >= 15 is 0 Å². The van der Waals surface area contributed by atoms with Crippen molar-refractivity contribution >= 4 is 0 Å². The second-order valence-electron chi connectivity index (χ2n) is 9.76. The summed E-state index contributed by atoms with van der Waals surface area (Å²) in [5.74, 6) is 1.38. The van der Waals surface area contributed by atoms with Crippen LogP contribution in [0.5, 0.6) is 0 Å². The average Bonchev–Trinajstić information content (AvgIpc) is 2.84. The Hall–Kier alpha value is -0.640. The van der Waals surface area contributed by atoms with Gasteiger partial charge in [0.1, 0.15) is 0 Å². The van der Waals surface area contributed by atoms with Crippen LogP contribution in [0.2, 0.25) is 0 Å². The van der Waals surface area contributed by atoms with E-state index in [-0.39, 0.29) is 17.1 Å². The van der Waals surface area contributed by atoms with E-state index in [1.807, 2.05) is 0 Å². The molecule has 4 aliphatic rings. The maximum Gasteiger partial charge on any atom is 0.0725 e. The van der Waals surface area contributed by atoms with Gasteiger partial charge in [0.25, 0.3) is 0 Å². The lowest BCUT2D eigenvalue weighted by atomic mass is 9.45. The Morgan fingerprint density at radius 2 is 2.00 bits per heavy atom. The van der Waals surface area contributed by atoms with Crippen LogP contribution >= 0.6 is 0 Å². The Kier molecular flexibility index (Phi) is 4.45. The van der Waals surface area contributed by atoms with E-state index in [9.17, 15) is 10.2 Å². The predicted molar refractivity (Wildman–Crippen MR) is 106 cm³/mol. The quantitative estimate of drug-likeness (QED) is 0.665. The third-order valence-electron chi connectivity index (χ3n) is 8.93. The van der Waals surface area contributed by atoms with E-state index in [4.69, 9.17) is 5.73 Å². The molecule has 0 aromatic carbocycles. The molecular weight excluding hydrogens is 322 g/mol. The zero-order chi connectivity index (χ0) is 18.7. The molecule has 3 nitrogen and oxygen atoms in total. The maximum absolute atomic E-state index is 11.7. The summed E-state index contributed by atoms with van der Waals surface area (Å²) in [5.41, 5.74) is 8.94. The van der Waals surface area contributed by atoms with Crippen molar-refractivity contribution in [3.63, 3.8) is 0 Å². The number of rotatable bonds is 3. The van der Waals surface area contributed by atoms with Gasteiger partial charge in [0.2, 0.25) is 0 Å². The largest absolute Gasteiger partial charge is 0.389 e. The Morgan fingerprint density at radius 3 is 2.69 bits per heavy atom. The van der Waals surface area contributed by atoms with Crippen LogP contribution in [-0.4, -0.2) is 27.5 Å². The van der Waals surface area contributed by atoms with Crippen LogP contribution in [0, 0.1) is 23.2 Å². The molecule has 0 aromatic heterocycles. The fourth-order valence-corrected chi connectivity index (χ4v) is 7.86. The number of nitrogens with two attached hydrogens (primary N) is 1. The summed E-state index contributed by atoms with van der Waals surface area (Å²) in [6, 6.07) is 0. The van der Waals surface area contributed by atoms with E-state index < -0.39 is 5.60 Å². The lowest BCUT2D eigenvalue weighted by Gasteiger charge is -2.62. The number of hydrogen-bond donors (Lipinski definition) is 3. The van der Waals surface area contributed by atoms with Crippen LogP contribution in [0.3, 0.4) is 0 Å². The van der Waals surface area contributed by atoms with Gasteiger partial charge in [-0.3, -0.25) is 0 Å². The number of aliphatic hydroxyl groups excluding tert-OH is 1. The van der Waals surface area contributed by atoms with Crippen LogP contribution in [0.4, 0.5) is 0 Å². The highest BCUT2D eigenvalue weighted by Gasteiger charge is 2.70. The van der Waals surface area contributed by atoms with Gasteiger partial charge in [0, 0.05) is 11.0 Å². The highest BCUT2D eigenvalue weighted by molar-refractivity contribution is 5.34. The highest BCUT2D eigenvalue weighted by atomic mass is 16.3. The average molecular weight is 360 g/mol. The summed E-state index contributed by atoms with van der Waals surface area (Å²) >= 11 is 0. The van der Waals surface area contributed by atoms with Crippen molar-refractivity contribution in [2.24, 2.45) is 28.9 Å². The lowest BCUT2D eigenvalue weighted by molar-refractivity contribution is -0.128. The summed E-state index contributed by atoms with van der Waals surface area (Å²) in [5, 5.41) is 21.8. The second-order valence-corrected chi connectivity index (χ2v) is 9.76. The van der Waals surface area contributed by atoms with Crippen LogP contribution in [0.1, 0.15) is 78.1 Å². The fraction of sp³-hybridized carbons (Fsp3) is 0.826. The van der Waals surface area contributed by atoms with Crippen LogP contribution < -0.4 is 5.73 Å². The Morgan fingerprint density at radius 1 is 1.23 bits per heavy atom. The molecule has 1 unspecified atom stereocenters. The van der Waals surface area contributed by atoms with Crippen molar-refractivity contribution in [3.8, 4) is 0 Å². The van der Waals surface area contributed by atoms with Gasteiger partial charge < -0.3 is 15.9 Å². The molecule has 146 valence electrons. The Bertz CT molecular complexity index is 628. The summed E-state index contributed by atoms with van der Waals surface area (Å²) in [4.78, 5) is 0. The summed E-state index contributed by atoms with van der Waals surface area (Å²) in [7, 11) is 0. The smallest absolute Gasteiger partial charge is 0.0725 e. The Balaban J connectivity index is 1.76. The minimum absolute atomic E-state index is 0.219. The van der Waals surface area contributed by atoms with Crippen molar-refractivity contribution in [2.45, 2.75) is 95.3 Å². The molecule has 4 N–H and O–H groups in total. The highest BCUT2D eigenvalue weighted by Crippen LogP contribution is 2.69. The molecule has 0 amide bonds. The van der Waals surface area contributed by atoms with Crippen molar-refractivity contribution in [2.75, 3.05) is 0 Å². The maximum atomic E-state index is 11.7. The molecule has 0 aromatic rings. The van der Waals surface area contributed by atoms with Gasteiger partial charge in [-0.25, -0.2) is 0 Å². The van der Waals surface area contributed by atoms with Gasteiger partial charge in [-0.1, -0.05) is 44.1 Å². The molecule has 0 bridgehead atoms. The minimum atomic E-state index is -0.641. The lowest BCUT2D eigenvalue weighted by Crippen LogP contribution is -2.68. The van der Waals surface area contributed by atoms with Crippen molar-refractivity contribution in [1.29, 1.82) is 0 Å². The summed E-state index contributed by atoms with van der Waals surface area (Å²) in [6.45, 7) is 8.96. The van der Waals surface area contributed by atoms with Crippen LogP contribution in [-0.2, 0) is 0 Å². The first kappa shape index (κ1) is 18.7. The molecular formula is C23H37NO2. The number of fused-ring (bicyclic) bond motifs is 5. The first-order valence-electron chi connectivity index (χ1n) is 10.9. The normalized spacial score (nSPS) is 50.7. The first-order valence-corrected chi connectivity index (χ1v) is 10.9. The third kappa shape index (κ3) is 2.23. The zero-order valence-electron chi connectivity index (χ0n) is 16.6. The van der Waals surface area contributed by atoms with Crippen LogP contribution in [0.25, 0.3) is 0 Å². The minimum Gasteiger partial charge on any atom is -0.389 e. The second kappa shape index (κ2) is 6.18. The summed E-state index contributed by atoms with van der Waals surface area (Å²) in [6.07, 6.45) is 11.4. The number of aliphatic hydroxyl groups is 2. The molecule has 4 aliphatic carbocycles. The monoisotopic (exact) mass is 359 g/mol. The zero-order valence-corrected chi connectivity index (χ0v) is 16.6. The molecule has 0 radical (unpaired) electrons. The predicted octanol–water partition coefficient (Wildman–Crippen LogP) is 4.09. The fourth-order valence-electron chi connectivity index (χ4n) is 7.86. The van der Waals surface area contributed by atoms with Crippen molar-refractivity contribution < 1.29 is 10.2 Å². The molecule has 26 heavy (non-hydrogen) atoms. The van der Waals surface area contributed by atoms with E-state index in [1.165, 1.54) is 11.1 Å². The molecule has 3 heteroatoms. The van der Waals surface area contributed by atoms with Gasteiger partial charge in [-0.15, -0.1) is 0 Å². The van der Waals surface area contributed by atoms with E-state index in [1.54, 1.807) is 0 Å². The number of hydrogen-bond acceptors (Lipinski definition) is 3. The molecule has 0 heterocycles. The van der Waals surface area contributed by atoms with E-state index in [2.05, 4.69) is 26.5 Å². The third-order valence-corrected chi connectivity index (χ3v) is 8.93. The Labute approximate surface area is 158 Å². The molecule has 0 aliphatic heterocycles. The van der Waals surface area contributed by atoms with E-state index in [0.717, 1.165) is 64.2 Å².